The van der Waals surface area contributed by atoms with Gasteiger partial charge in [0.2, 0.25) is 0 Å². The third kappa shape index (κ3) is 8.09. The topological polar surface area (TPSA) is 67.8 Å². The van der Waals surface area contributed by atoms with Gasteiger partial charge in [0.25, 0.3) is 0 Å². The molecule has 5 nitrogen and oxygen atoms in total. The summed E-state index contributed by atoms with van der Waals surface area (Å²) in [5.74, 6) is 4.16. The largest absolute Gasteiger partial charge is 0.489 e. The number of hydrogen-bond donors (Lipinski definition) is 2. The number of benzene rings is 3. The van der Waals surface area contributed by atoms with Gasteiger partial charge in [-0.2, -0.15) is 13.2 Å². The number of aliphatic hydroxyl groups is 1. The molecule has 35 heavy (non-hydrogen) atoms. The van der Waals surface area contributed by atoms with Crippen LogP contribution in [0.3, 0.4) is 0 Å². The van der Waals surface area contributed by atoms with E-state index in [9.17, 15) is 23.1 Å². The lowest BCUT2D eigenvalue weighted by Gasteiger charge is -2.16. The molecule has 8 heteroatoms. The van der Waals surface area contributed by atoms with E-state index < -0.39 is 18.7 Å². The van der Waals surface area contributed by atoms with E-state index in [2.05, 4.69) is 11.8 Å². The van der Waals surface area contributed by atoms with Crippen LogP contribution in [-0.2, 0) is 24.4 Å². The molecule has 0 unspecified atom stereocenters. The second-order valence-corrected chi connectivity index (χ2v) is 7.47. The molecule has 3 rings (SSSR count). The Hall–Kier alpha value is -3.96. The molecule has 3 aromatic carbocycles. The van der Waals surface area contributed by atoms with Crippen molar-refractivity contribution in [2.75, 3.05) is 13.2 Å². The highest BCUT2D eigenvalue weighted by Gasteiger charge is 2.38. The number of halogens is 3. The highest BCUT2D eigenvalue weighted by Crippen LogP contribution is 2.30. The Labute approximate surface area is 201 Å². The summed E-state index contributed by atoms with van der Waals surface area (Å²) in [4.78, 5) is 11.2. The van der Waals surface area contributed by atoms with Gasteiger partial charge in [0.1, 0.15) is 31.3 Å². The van der Waals surface area contributed by atoms with Gasteiger partial charge in [-0.05, 0) is 29.2 Å². The Morgan fingerprint density at radius 3 is 2.09 bits per heavy atom. The third-order valence-corrected chi connectivity index (χ3v) is 4.87. The van der Waals surface area contributed by atoms with Crippen molar-refractivity contribution in [2.24, 2.45) is 0 Å². The minimum Gasteiger partial charge on any atom is -0.489 e. The summed E-state index contributed by atoms with van der Waals surface area (Å²) in [6.07, 6.45) is -4.92. The lowest BCUT2D eigenvalue weighted by molar-refractivity contribution is -0.173. The Bertz CT molecular complexity index is 1170. The monoisotopic (exact) mass is 483 g/mol. The van der Waals surface area contributed by atoms with Gasteiger partial charge in [0.05, 0.1) is 5.56 Å². The van der Waals surface area contributed by atoms with Crippen LogP contribution in [-0.4, -0.2) is 30.3 Å². The summed E-state index contributed by atoms with van der Waals surface area (Å²) in [5, 5.41) is 11.1. The highest BCUT2D eigenvalue weighted by atomic mass is 19.4. The van der Waals surface area contributed by atoms with Gasteiger partial charge in [-0.25, -0.2) is 0 Å². The molecular weight excluding hydrogens is 459 g/mol. The van der Waals surface area contributed by atoms with Gasteiger partial charge >= 0.3 is 12.1 Å². The summed E-state index contributed by atoms with van der Waals surface area (Å²) >= 11 is 0. The summed E-state index contributed by atoms with van der Waals surface area (Å²) in [7, 11) is 0. The lowest BCUT2D eigenvalue weighted by atomic mass is 10.0. The van der Waals surface area contributed by atoms with Crippen molar-refractivity contribution in [3.63, 3.8) is 0 Å². The van der Waals surface area contributed by atoms with Crippen molar-refractivity contribution in [3.8, 4) is 23.3 Å². The standard InChI is InChI=1S/C27H24F3NO4/c28-27(29,30)26(33)31-14-13-22-16-23(34-18-20-8-3-1-4-9-20)17-25(24(22)12-7-15-32)35-19-21-10-5-2-6-11-21/h1-6,8-11,16-17,32H,13-15,18-19H2,(H,31,33). The third-order valence-electron chi connectivity index (χ3n) is 4.87. The van der Waals surface area contributed by atoms with Crippen LogP contribution in [0.1, 0.15) is 22.3 Å². The normalized spacial score (nSPS) is 10.7. The number of aliphatic hydroxyl groups excluding tert-OH is 1. The molecule has 3 aromatic rings. The molecule has 0 fully saturated rings. The first-order valence-electron chi connectivity index (χ1n) is 10.8. The van der Waals surface area contributed by atoms with E-state index in [1.165, 1.54) is 0 Å². The van der Waals surface area contributed by atoms with Crippen LogP contribution in [0.4, 0.5) is 13.2 Å². The minimum atomic E-state index is -4.97. The Morgan fingerprint density at radius 2 is 1.51 bits per heavy atom. The van der Waals surface area contributed by atoms with Crippen LogP contribution in [0, 0.1) is 11.8 Å². The molecule has 0 aromatic heterocycles. The maximum absolute atomic E-state index is 12.6. The molecule has 0 aliphatic heterocycles. The molecule has 2 N–H and O–H groups in total. The summed E-state index contributed by atoms with van der Waals surface area (Å²) in [5.41, 5.74) is 2.76. The molecule has 0 aliphatic carbocycles. The molecule has 182 valence electrons. The quantitative estimate of drug-likeness (QED) is 0.443. The maximum atomic E-state index is 12.6. The minimum absolute atomic E-state index is 0.0432. The van der Waals surface area contributed by atoms with Crippen LogP contribution >= 0.6 is 0 Å². The van der Waals surface area contributed by atoms with Crippen molar-refractivity contribution >= 4 is 5.91 Å². The smallest absolute Gasteiger partial charge is 0.471 e. The lowest BCUT2D eigenvalue weighted by Crippen LogP contribution is -2.37. The summed E-state index contributed by atoms with van der Waals surface area (Å²) < 4.78 is 49.6. The number of amides is 1. The van der Waals surface area contributed by atoms with E-state index >= 15 is 0 Å². The highest BCUT2D eigenvalue weighted by molar-refractivity contribution is 5.81. The summed E-state index contributed by atoms with van der Waals surface area (Å²) in [6, 6.07) is 22.2. The van der Waals surface area contributed by atoms with Crippen LogP contribution in [0.5, 0.6) is 11.5 Å². The van der Waals surface area contributed by atoms with Crippen LogP contribution < -0.4 is 14.8 Å². The fraction of sp³-hybridized carbons (Fsp3) is 0.222. The molecule has 0 radical (unpaired) electrons. The Morgan fingerprint density at radius 1 is 0.914 bits per heavy atom. The Balaban J connectivity index is 1.88. The van der Waals surface area contributed by atoms with Crippen molar-refractivity contribution < 1.29 is 32.5 Å². The Kier molecular flexibility index (Phi) is 9.16. The zero-order chi connectivity index (χ0) is 25.1. The molecular formula is C27H24F3NO4. The molecule has 0 saturated carbocycles. The number of carbonyl (C=O) groups is 1. The molecule has 0 bridgehead atoms. The van der Waals surface area contributed by atoms with Gasteiger partial charge in [-0.15, -0.1) is 0 Å². The number of nitrogens with one attached hydrogen (secondary N) is 1. The number of alkyl halides is 3. The average Bonchev–Trinajstić information content (AvgIpc) is 2.86. The molecule has 1 amide bonds. The van der Waals surface area contributed by atoms with E-state index in [4.69, 9.17) is 9.47 Å². The van der Waals surface area contributed by atoms with Crippen molar-refractivity contribution in [3.05, 3.63) is 95.1 Å². The van der Waals surface area contributed by atoms with Crippen LogP contribution in [0.25, 0.3) is 0 Å². The first kappa shape index (κ1) is 25.7. The zero-order valence-corrected chi connectivity index (χ0v) is 18.8. The van der Waals surface area contributed by atoms with Gasteiger partial charge in [-0.3, -0.25) is 4.79 Å². The maximum Gasteiger partial charge on any atom is 0.471 e. The molecule has 0 aliphatic rings. The zero-order valence-electron chi connectivity index (χ0n) is 18.8. The fourth-order valence-electron chi connectivity index (χ4n) is 3.20. The average molecular weight is 483 g/mol. The summed E-state index contributed by atoms with van der Waals surface area (Å²) in [6.45, 7) is -0.188. The van der Waals surface area contributed by atoms with E-state index in [-0.39, 0.29) is 26.2 Å². The second-order valence-electron chi connectivity index (χ2n) is 7.47. The van der Waals surface area contributed by atoms with E-state index in [0.29, 0.717) is 22.6 Å². The fourth-order valence-corrected chi connectivity index (χ4v) is 3.20. The van der Waals surface area contributed by atoms with Crippen molar-refractivity contribution in [1.29, 1.82) is 0 Å². The number of carbonyl (C=O) groups excluding carboxylic acids is 1. The van der Waals surface area contributed by atoms with Gasteiger partial charge in [-0.1, -0.05) is 72.5 Å². The second kappa shape index (κ2) is 12.5. The van der Waals surface area contributed by atoms with Crippen LogP contribution in [0.2, 0.25) is 0 Å². The predicted molar refractivity (Wildman–Crippen MR) is 125 cm³/mol. The SMILES string of the molecule is O=C(NCCc1cc(OCc2ccccc2)cc(OCc2ccccc2)c1C#CCO)C(F)(F)F. The van der Waals surface area contributed by atoms with Crippen molar-refractivity contribution in [2.45, 2.75) is 25.8 Å². The molecule has 0 atom stereocenters. The number of ether oxygens (including phenoxy) is 2. The van der Waals surface area contributed by atoms with Crippen molar-refractivity contribution in [1.82, 2.24) is 5.32 Å². The van der Waals surface area contributed by atoms with Crippen LogP contribution in [0.15, 0.2) is 72.8 Å². The molecule has 0 heterocycles. The predicted octanol–water partition coefficient (Wildman–Crippen LogP) is 4.41. The number of hydrogen-bond acceptors (Lipinski definition) is 4. The number of rotatable bonds is 9. The van der Waals surface area contributed by atoms with E-state index in [1.54, 1.807) is 12.1 Å². The first-order valence-corrected chi connectivity index (χ1v) is 10.8. The van der Waals surface area contributed by atoms with Gasteiger partial charge in [0, 0.05) is 12.6 Å². The van der Waals surface area contributed by atoms with Gasteiger partial charge in [0.15, 0.2) is 0 Å². The van der Waals surface area contributed by atoms with E-state index in [1.807, 2.05) is 66.0 Å². The first-order chi connectivity index (χ1) is 16.9. The van der Waals surface area contributed by atoms with E-state index in [0.717, 1.165) is 11.1 Å². The molecule has 0 spiro atoms. The molecule has 0 saturated heterocycles. The van der Waals surface area contributed by atoms with Gasteiger partial charge < -0.3 is 19.9 Å².